The van der Waals surface area contributed by atoms with E-state index in [4.69, 9.17) is 14.2 Å². The van der Waals surface area contributed by atoms with Crippen LogP contribution in [0.2, 0.25) is 0 Å². The monoisotopic (exact) mass is 556 g/mol. The molecule has 0 amide bonds. The van der Waals surface area contributed by atoms with E-state index in [1.54, 1.807) is 11.1 Å². The quantitative estimate of drug-likeness (QED) is 0.269. The lowest BCUT2D eigenvalue weighted by Crippen LogP contribution is -2.55. The Morgan fingerprint density at radius 2 is 1.75 bits per heavy atom. The van der Waals surface area contributed by atoms with Crippen molar-refractivity contribution < 1.29 is 28.9 Å². The molecule has 1 heterocycles. The van der Waals surface area contributed by atoms with Crippen LogP contribution in [0.15, 0.2) is 23.3 Å². The van der Waals surface area contributed by atoms with E-state index < -0.39 is 5.60 Å². The van der Waals surface area contributed by atoms with Crippen LogP contribution in [-0.2, 0) is 23.8 Å². The number of aliphatic hydroxyl groups is 1. The lowest BCUT2D eigenvalue weighted by Gasteiger charge is -2.61. The first-order valence-electron chi connectivity index (χ1n) is 15.6. The molecular formula is C34H52O6. The SMILES string of the molecule is CC(=O)OC[C@H](CC[C@H]1O[C@@]1(C)CO)[C@H]1CC[C@@]2(C)C3=CC[C@H]4C(C)(C)[C@@H](OC(C)=O)CC[C@]4(C)C3=CC[C@]12C. The van der Waals surface area contributed by atoms with Gasteiger partial charge in [0.2, 0.25) is 0 Å². The first-order chi connectivity index (χ1) is 18.6. The van der Waals surface area contributed by atoms with Gasteiger partial charge in [-0.1, -0.05) is 46.8 Å². The zero-order valence-electron chi connectivity index (χ0n) is 26.1. The summed E-state index contributed by atoms with van der Waals surface area (Å²) < 4.78 is 17.3. The number of carbonyl (C=O) groups excluding carboxylic acids is 2. The van der Waals surface area contributed by atoms with Gasteiger partial charge in [0.1, 0.15) is 11.7 Å². The summed E-state index contributed by atoms with van der Waals surface area (Å²) in [6, 6.07) is 0. The van der Waals surface area contributed by atoms with Crippen molar-refractivity contribution in [1.29, 1.82) is 0 Å². The molecule has 6 heteroatoms. The third-order valence-electron chi connectivity index (χ3n) is 12.8. The van der Waals surface area contributed by atoms with E-state index in [2.05, 4.69) is 46.8 Å². The molecule has 9 atom stereocenters. The van der Waals surface area contributed by atoms with Crippen molar-refractivity contribution in [2.75, 3.05) is 13.2 Å². The average molecular weight is 557 g/mol. The number of aliphatic hydroxyl groups excluding tert-OH is 1. The first-order valence-corrected chi connectivity index (χ1v) is 15.6. The summed E-state index contributed by atoms with van der Waals surface area (Å²) in [5.74, 6) is 0.739. The lowest BCUT2D eigenvalue weighted by molar-refractivity contribution is -0.165. The molecule has 6 nitrogen and oxygen atoms in total. The van der Waals surface area contributed by atoms with Gasteiger partial charge >= 0.3 is 11.9 Å². The van der Waals surface area contributed by atoms with Gasteiger partial charge in [-0.25, -0.2) is 0 Å². The standard InChI is InChI=1S/C34H52O6/c1-21(36)38-19-23(9-12-29-34(8,20-35)40-29)24-13-17-33(7)26-10-11-27-30(3,4)28(39-22(2)37)15-16-31(27,5)25(26)14-18-32(24,33)6/h10,14,23-24,27-29,35H,9,11-13,15-20H2,1-8H3/t23-,24+,27-,28-,29+,31+,32+,33-,34-/m0/s1. The van der Waals surface area contributed by atoms with Gasteiger partial charge in [-0.15, -0.1) is 0 Å². The number of hydrogen-bond acceptors (Lipinski definition) is 6. The van der Waals surface area contributed by atoms with Crippen LogP contribution in [0.3, 0.4) is 0 Å². The van der Waals surface area contributed by atoms with Crippen molar-refractivity contribution in [1.82, 2.24) is 0 Å². The fourth-order valence-corrected chi connectivity index (χ4v) is 9.97. The molecule has 1 saturated heterocycles. The number of esters is 2. The van der Waals surface area contributed by atoms with Gasteiger partial charge in [0.25, 0.3) is 0 Å². The van der Waals surface area contributed by atoms with Crippen LogP contribution >= 0.6 is 0 Å². The van der Waals surface area contributed by atoms with Gasteiger partial charge in [0.15, 0.2) is 0 Å². The molecule has 0 unspecified atom stereocenters. The summed E-state index contributed by atoms with van der Waals surface area (Å²) in [7, 11) is 0. The molecule has 0 aromatic rings. The maximum atomic E-state index is 11.9. The van der Waals surface area contributed by atoms with E-state index in [9.17, 15) is 14.7 Å². The predicted octanol–water partition coefficient (Wildman–Crippen LogP) is 6.55. The summed E-state index contributed by atoms with van der Waals surface area (Å²) in [4.78, 5) is 23.7. The Labute approximate surface area is 241 Å². The fraction of sp³-hybridized carbons (Fsp3) is 0.824. The van der Waals surface area contributed by atoms with E-state index in [1.165, 1.54) is 13.8 Å². The van der Waals surface area contributed by atoms with Crippen LogP contribution in [0.5, 0.6) is 0 Å². The van der Waals surface area contributed by atoms with Gasteiger partial charge < -0.3 is 19.3 Å². The molecular weight excluding hydrogens is 504 g/mol. The molecule has 5 aliphatic rings. The second kappa shape index (κ2) is 9.97. The molecule has 224 valence electrons. The van der Waals surface area contributed by atoms with E-state index in [1.807, 2.05) is 6.92 Å². The van der Waals surface area contributed by atoms with Gasteiger partial charge in [-0.05, 0) is 103 Å². The number of fused-ring (bicyclic) bond motifs is 5. The van der Waals surface area contributed by atoms with Crippen LogP contribution in [0.25, 0.3) is 0 Å². The fourth-order valence-electron chi connectivity index (χ4n) is 9.97. The van der Waals surface area contributed by atoms with Crippen molar-refractivity contribution in [3.05, 3.63) is 23.3 Å². The van der Waals surface area contributed by atoms with Crippen molar-refractivity contribution in [3.8, 4) is 0 Å². The molecule has 5 rings (SSSR count). The Kier molecular flexibility index (Phi) is 7.43. The van der Waals surface area contributed by atoms with Crippen LogP contribution in [0, 0.1) is 39.4 Å². The molecule has 0 bridgehead atoms. The number of rotatable bonds is 8. The minimum atomic E-state index is -0.413. The maximum Gasteiger partial charge on any atom is 0.302 e. The highest BCUT2D eigenvalue weighted by molar-refractivity contribution is 5.66. The summed E-state index contributed by atoms with van der Waals surface area (Å²) >= 11 is 0. The van der Waals surface area contributed by atoms with Crippen molar-refractivity contribution in [2.24, 2.45) is 39.4 Å². The largest absolute Gasteiger partial charge is 0.466 e. The van der Waals surface area contributed by atoms with E-state index in [0.29, 0.717) is 18.4 Å². The number of hydrogen-bond donors (Lipinski definition) is 1. The number of allylic oxidation sites excluding steroid dienone is 4. The van der Waals surface area contributed by atoms with Crippen LogP contribution in [0.1, 0.15) is 107 Å². The van der Waals surface area contributed by atoms with Crippen molar-refractivity contribution in [3.63, 3.8) is 0 Å². The predicted molar refractivity (Wildman–Crippen MR) is 154 cm³/mol. The van der Waals surface area contributed by atoms with Gasteiger partial charge in [-0.2, -0.15) is 0 Å². The Balaban J connectivity index is 1.42. The van der Waals surface area contributed by atoms with Gasteiger partial charge in [-0.3, -0.25) is 9.59 Å². The van der Waals surface area contributed by atoms with Gasteiger partial charge in [0.05, 0.1) is 19.3 Å². The molecule has 0 radical (unpaired) electrons. The zero-order chi connectivity index (χ0) is 29.3. The van der Waals surface area contributed by atoms with E-state index in [-0.39, 0.29) is 58.3 Å². The lowest BCUT2D eigenvalue weighted by atomic mass is 9.44. The molecule has 2 saturated carbocycles. The first kappa shape index (κ1) is 29.8. The van der Waals surface area contributed by atoms with Crippen molar-refractivity contribution in [2.45, 2.75) is 125 Å². The molecule has 4 aliphatic carbocycles. The highest BCUT2D eigenvalue weighted by Crippen LogP contribution is 2.72. The van der Waals surface area contributed by atoms with E-state index >= 15 is 0 Å². The summed E-state index contributed by atoms with van der Waals surface area (Å²) in [6.07, 6.45) is 13.2. The summed E-state index contributed by atoms with van der Waals surface area (Å²) in [5.41, 5.74) is 2.80. The number of ether oxygens (including phenoxy) is 3. The molecule has 1 aliphatic heterocycles. The van der Waals surface area contributed by atoms with Crippen molar-refractivity contribution >= 4 is 11.9 Å². The smallest absolute Gasteiger partial charge is 0.302 e. The maximum absolute atomic E-state index is 11.9. The molecule has 3 fully saturated rings. The molecule has 1 N–H and O–H groups in total. The third kappa shape index (κ3) is 4.51. The Morgan fingerprint density at radius 1 is 1.02 bits per heavy atom. The third-order valence-corrected chi connectivity index (χ3v) is 12.8. The molecule has 0 aromatic carbocycles. The Morgan fingerprint density at radius 3 is 2.38 bits per heavy atom. The highest BCUT2D eigenvalue weighted by Gasteiger charge is 2.64. The minimum absolute atomic E-state index is 0.0379. The zero-order valence-corrected chi connectivity index (χ0v) is 26.1. The highest BCUT2D eigenvalue weighted by atomic mass is 16.6. The van der Waals surface area contributed by atoms with Crippen LogP contribution in [-0.4, -0.2) is 48.1 Å². The van der Waals surface area contributed by atoms with Crippen LogP contribution < -0.4 is 0 Å². The second-order valence-corrected chi connectivity index (χ2v) is 15.2. The normalized spacial score (nSPS) is 43.8. The van der Waals surface area contributed by atoms with E-state index in [0.717, 1.165) is 51.4 Å². The van der Waals surface area contributed by atoms with Gasteiger partial charge in [0, 0.05) is 19.3 Å². The topological polar surface area (TPSA) is 85.4 Å². The molecule has 0 aromatic heterocycles. The second-order valence-electron chi connectivity index (χ2n) is 15.2. The average Bonchev–Trinajstić information content (AvgIpc) is 3.45. The minimum Gasteiger partial charge on any atom is -0.466 e. The molecule has 0 spiro atoms. The molecule has 40 heavy (non-hydrogen) atoms. The Bertz CT molecular complexity index is 1110. The Hall–Kier alpha value is -1.66. The van der Waals surface area contributed by atoms with Crippen LogP contribution in [0.4, 0.5) is 0 Å². The number of epoxide rings is 1. The summed E-state index contributed by atoms with van der Waals surface area (Å²) in [6.45, 7) is 17.6. The number of carbonyl (C=O) groups is 2. The summed E-state index contributed by atoms with van der Waals surface area (Å²) in [5, 5.41) is 9.69.